The average Bonchev–Trinajstić information content (AvgIpc) is 3.14. The molecule has 0 aliphatic carbocycles. The van der Waals surface area contributed by atoms with Crippen molar-refractivity contribution in [3.05, 3.63) is 80.2 Å². The number of thiophene rings is 1. The standard InChI is InChI=1S/C22H19F3N2O5S/c1-12-7-6-10-16(19(12)27(29)30)26-18-11-17(20(33-18)21(28)31-3)32-13(2)14-8-4-5-9-15(14)22(23,24)25/h4-11,13,26H,1-3H3/t13-/m1/s1. The highest BCUT2D eigenvalue weighted by molar-refractivity contribution is 7.18. The fourth-order valence-corrected chi connectivity index (χ4v) is 4.18. The number of carbonyl (C=O) groups is 1. The van der Waals surface area contributed by atoms with Crippen molar-refractivity contribution >= 4 is 33.7 Å². The lowest BCUT2D eigenvalue weighted by Crippen LogP contribution is -2.14. The van der Waals surface area contributed by atoms with E-state index >= 15 is 0 Å². The number of ether oxygens (including phenoxy) is 2. The first kappa shape index (κ1) is 24.1. The number of nitrogens with one attached hydrogen (secondary N) is 1. The molecule has 0 unspecified atom stereocenters. The normalized spacial score (nSPS) is 12.2. The second-order valence-corrected chi connectivity index (χ2v) is 8.05. The summed E-state index contributed by atoms with van der Waals surface area (Å²) in [6, 6.07) is 11.1. The molecule has 174 valence electrons. The molecule has 11 heteroatoms. The number of methoxy groups -OCH3 is 1. The maximum absolute atomic E-state index is 13.4. The molecule has 0 amide bonds. The van der Waals surface area contributed by atoms with Crippen LogP contribution in [0.2, 0.25) is 0 Å². The lowest BCUT2D eigenvalue weighted by Gasteiger charge is -2.19. The third kappa shape index (κ3) is 5.25. The maximum Gasteiger partial charge on any atom is 0.416 e. The van der Waals surface area contributed by atoms with Crippen LogP contribution in [0, 0.1) is 17.0 Å². The first-order valence-electron chi connectivity index (χ1n) is 9.59. The number of esters is 1. The second-order valence-electron chi connectivity index (χ2n) is 6.99. The van der Waals surface area contributed by atoms with Crippen molar-refractivity contribution < 1.29 is 32.4 Å². The van der Waals surface area contributed by atoms with E-state index in [0.717, 1.165) is 24.5 Å². The molecule has 0 saturated carbocycles. The first-order chi connectivity index (χ1) is 15.5. The molecule has 1 aromatic heterocycles. The van der Waals surface area contributed by atoms with E-state index in [0.29, 0.717) is 10.6 Å². The summed E-state index contributed by atoms with van der Waals surface area (Å²) in [5.74, 6) is -0.757. The number of nitrogens with zero attached hydrogens (tertiary/aromatic N) is 1. The number of anilines is 2. The highest BCUT2D eigenvalue weighted by atomic mass is 32.1. The van der Waals surface area contributed by atoms with E-state index in [4.69, 9.17) is 9.47 Å². The number of para-hydroxylation sites is 1. The average molecular weight is 480 g/mol. The van der Waals surface area contributed by atoms with Gasteiger partial charge in [-0.3, -0.25) is 10.1 Å². The molecule has 1 N–H and O–H groups in total. The topological polar surface area (TPSA) is 90.7 Å². The molecule has 3 aromatic rings. The van der Waals surface area contributed by atoms with E-state index in [9.17, 15) is 28.1 Å². The molecule has 0 aliphatic rings. The Morgan fingerprint density at radius 2 is 1.88 bits per heavy atom. The maximum atomic E-state index is 13.4. The number of rotatable bonds is 7. The molecule has 0 spiro atoms. The second kappa shape index (κ2) is 9.49. The zero-order valence-corrected chi connectivity index (χ0v) is 18.5. The monoisotopic (exact) mass is 480 g/mol. The molecule has 0 fully saturated rings. The molecular weight excluding hydrogens is 461 g/mol. The van der Waals surface area contributed by atoms with Crippen molar-refractivity contribution in [2.75, 3.05) is 12.4 Å². The minimum Gasteiger partial charge on any atom is -0.484 e. The van der Waals surface area contributed by atoms with Crippen LogP contribution in [0.15, 0.2) is 48.5 Å². The molecule has 3 rings (SSSR count). The van der Waals surface area contributed by atoms with Gasteiger partial charge in [0.2, 0.25) is 0 Å². The fraction of sp³-hybridized carbons (Fsp3) is 0.227. The molecule has 2 aromatic carbocycles. The number of alkyl halides is 3. The number of nitro benzene ring substituents is 1. The minimum atomic E-state index is -4.58. The van der Waals surface area contributed by atoms with Gasteiger partial charge in [0.1, 0.15) is 17.5 Å². The molecular formula is C22H19F3N2O5S. The summed E-state index contributed by atoms with van der Waals surface area (Å²) in [6.07, 6.45) is -5.63. The number of nitro groups is 1. The van der Waals surface area contributed by atoms with Crippen LogP contribution in [-0.4, -0.2) is 18.0 Å². The first-order valence-corrected chi connectivity index (χ1v) is 10.4. The van der Waals surface area contributed by atoms with E-state index in [-0.39, 0.29) is 27.6 Å². The van der Waals surface area contributed by atoms with Crippen LogP contribution in [0.5, 0.6) is 5.75 Å². The third-order valence-corrected chi connectivity index (χ3v) is 5.77. The number of aryl methyl sites for hydroxylation is 1. The number of carbonyl (C=O) groups excluding carboxylic acids is 1. The Balaban J connectivity index is 1.97. The van der Waals surface area contributed by atoms with Gasteiger partial charge in [0.25, 0.3) is 5.69 Å². The summed E-state index contributed by atoms with van der Waals surface area (Å²) in [5.41, 5.74) is -0.458. The smallest absolute Gasteiger partial charge is 0.416 e. The van der Waals surface area contributed by atoms with Crippen molar-refractivity contribution in [2.45, 2.75) is 26.1 Å². The highest BCUT2D eigenvalue weighted by Crippen LogP contribution is 2.41. The predicted octanol–water partition coefficient (Wildman–Crippen LogP) is 6.65. The summed E-state index contributed by atoms with van der Waals surface area (Å²) < 4.78 is 50.7. The molecule has 1 atom stereocenters. The van der Waals surface area contributed by atoms with Crippen molar-refractivity contribution in [1.82, 2.24) is 0 Å². The van der Waals surface area contributed by atoms with Crippen LogP contribution in [0.4, 0.5) is 29.5 Å². The van der Waals surface area contributed by atoms with Gasteiger partial charge in [0, 0.05) is 17.2 Å². The Hall–Kier alpha value is -3.60. The number of hydrogen-bond donors (Lipinski definition) is 1. The van der Waals surface area contributed by atoms with E-state index in [1.54, 1.807) is 19.1 Å². The lowest BCUT2D eigenvalue weighted by molar-refractivity contribution is -0.384. The molecule has 7 nitrogen and oxygen atoms in total. The van der Waals surface area contributed by atoms with Gasteiger partial charge in [0.05, 0.1) is 22.6 Å². The van der Waals surface area contributed by atoms with Crippen LogP contribution in [0.25, 0.3) is 0 Å². The zero-order valence-electron chi connectivity index (χ0n) is 17.7. The van der Waals surface area contributed by atoms with Gasteiger partial charge in [-0.15, -0.1) is 11.3 Å². The van der Waals surface area contributed by atoms with E-state index in [1.807, 2.05) is 0 Å². The van der Waals surface area contributed by atoms with Gasteiger partial charge in [-0.1, -0.05) is 30.3 Å². The van der Waals surface area contributed by atoms with Gasteiger partial charge in [-0.25, -0.2) is 4.79 Å². The predicted molar refractivity (Wildman–Crippen MR) is 117 cm³/mol. The van der Waals surface area contributed by atoms with Gasteiger partial charge in [-0.2, -0.15) is 13.2 Å². The van der Waals surface area contributed by atoms with Gasteiger partial charge in [0.15, 0.2) is 4.88 Å². The summed E-state index contributed by atoms with van der Waals surface area (Å²) in [7, 11) is 1.16. The van der Waals surface area contributed by atoms with Crippen LogP contribution in [-0.2, 0) is 10.9 Å². The molecule has 33 heavy (non-hydrogen) atoms. The Morgan fingerprint density at radius 3 is 2.52 bits per heavy atom. The fourth-order valence-electron chi connectivity index (χ4n) is 3.26. The van der Waals surface area contributed by atoms with Crippen LogP contribution in [0.3, 0.4) is 0 Å². The SMILES string of the molecule is COC(=O)c1sc(Nc2cccc(C)c2[N+](=O)[O-])cc1O[C@H](C)c1ccccc1C(F)(F)F. The Bertz CT molecular complexity index is 1190. The van der Waals surface area contributed by atoms with Crippen LogP contribution in [0.1, 0.15) is 39.4 Å². The quantitative estimate of drug-likeness (QED) is 0.231. The molecule has 0 saturated heterocycles. The van der Waals surface area contributed by atoms with Crippen LogP contribution >= 0.6 is 11.3 Å². The summed E-state index contributed by atoms with van der Waals surface area (Å²) >= 11 is 0.905. The van der Waals surface area contributed by atoms with Crippen LogP contribution < -0.4 is 10.1 Å². The van der Waals surface area contributed by atoms with Crippen molar-refractivity contribution in [2.24, 2.45) is 0 Å². The number of halogens is 3. The summed E-state index contributed by atoms with van der Waals surface area (Å²) in [6.45, 7) is 3.02. The van der Waals surface area contributed by atoms with E-state index < -0.39 is 28.7 Å². The van der Waals surface area contributed by atoms with E-state index in [1.165, 1.54) is 37.3 Å². The number of hydrogen-bond acceptors (Lipinski definition) is 7. The molecule has 0 bridgehead atoms. The Labute approximate surface area is 190 Å². The largest absolute Gasteiger partial charge is 0.484 e. The van der Waals surface area contributed by atoms with Gasteiger partial charge >= 0.3 is 12.1 Å². The van der Waals surface area contributed by atoms with Crippen molar-refractivity contribution in [3.8, 4) is 5.75 Å². The highest BCUT2D eigenvalue weighted by Gasteiger charge is 2.35. The summed E-state index contributed by atoms with van der Waals surface area (Å²) in [4.78, 5) is 23.2. The van der Waals surface area contributed by atoms with Gasteiger partial charge in [-0.05, 0) is 26.0 Å². The Morgan fingerprint density at radius 1 is 1.18 bits per heavy atom. The van der Waals surface area contributed by atoms with Gasteiger partial charge < -0.3 is 14.8 Å². The molecule has 1 heterocycles. The minimum absolute atomic E-state index is 0.00543. The molecule has 0 radical (unpaired) electrons. The zero-order chi connectivity index (χ0) is 24.3. The Kier molecular flexibility index (Phi) is 6.92. The number of benzene rings is 2. The molecule has 0 aliphatic heterocycles. The van der Waals surface area contributed by atoms with E-state index in [2.05, 4.69) is 5.32 Å². The van der Waals surface area contributed by atoms with Crippen molar-refractivity contribution in [3.63, 3.8) is 0 Å². The van der Waals surface area contributed by atoms with Crippen molar-refractivity contribution in [1.29, 1.82) is 0 Å². The third-order valence-electron chi connectivity index (χ3n) is 4.75. The summed E-state index contributed by atoms with van der Waals surface area (Å²) in [5, 5.41) is 14.7. The lowest BCUT2D eigenvalue weighted by atomic mass is 10.0.